The van der Waals surface area contributed by atoms with Crippen molar-refractivity contribution in [3.63, 3.8) is 0 Å². The lowest BCUT2D eigenvalue weighted by molar-refractivity contribution is -0.119. The first-order chi connectivity index (χ1) is 5.95. The largest absolute Gasteiger partial charge is 0.358 e. The van der Waals surface area contributed by atoms with Gasteiger partial charge in [0.15, 0.2) is 0 Å². The number of carbonyl (C=O) groups excluding carboxylic acids is 1. The Kier molecular flexibility index (Phi) is 5.60. The normalized spacial score (nSPS) is 11.2. The van der Waals surface area contributed by atoms with Crippen LogP contribution in [-0.4, -0.2) is 47.3 Å². The summed E-state index contributed by atoms with van der Waals surface area (Å²) in [6, 6.07) is 0. The highest BCUT2D eigenvalue weighted by atomic mass is 32.2. The molecule has 0 unspecified atom stereocenters. The molecule has 0 bridgehead atoms. The number of amides is 1. The number of hydrogen-bond donors (Lipinski definition) is 3. The lowest BCUT2D eigenvalue weighted by Gasteiger charge is -2.03. The molecule has 0 rings (SSSR count). The molecule has 0 aliphatic heterocycles. The first-order valence-corrected chi connectivity index (χ1v) is 5.71. The van der Waals surface area contributed by atoms with E-state index >= 15 is 0 Å². The molecule has 78 valence electrons. The Hall–Kier alpha value is -0.660. The Morgan fingerprint density at radius 3 is 2.38 bits per heavy atom. The molecule has 0 atom stereocenters. The fourth-order valence-corrected chi connectivity index (χ4v) is 1.09. The van der Waals surface area contributed by atoms with Gasteiger partial charge in [-0.2, -0.15) is 0 Å². The fourth-order valence-electron chi connectivity index (χ4n) is 0.615. The maximum atomic E-state index is 10.7. The van der Waals surface area contributed by atoms with Crippen LogP contribution in [0.3, 0.4) is 0 Å². The molecule has 0 aromatic rings. The Morgan fingerprint density at radius 1 is 1.31 bits per heavy atom. The van der Waals surface area contributed by atoms with Gasteiger partial charge in [-0.25, -0.2) is 13.1 Å². The zero-order valence-electron chi connectivity index (χ0n) is 7.75. The van der Waals surface area contributed by atoms with Gasteiger partial charge in [0.25, 0.3) is 0 Å². The molecule has 0 spiro atoms. The monoisotopic (exact) mass is 209 g/mol. The lowest BCUT2D eigenvalue weighted by atomic mass is 10.5. The summed E-state index contributed by atoms with van der Waals surface area (Å²) in [7, 11) is -1.58. The second kappa shape index (κ2) is 5.90. The third-order valence-electron chi connectivity index (χ3n) is 1.23. The Morgan fingerprint density at radius 2 is 1.92 bits per heavy atom. The number of likely N-dealkylation sites (N-methyl/N-ethyl adjacent to an activating group) is 1. The van der Waals surface area contributed by atoms with E-state index in [0.29, 0.717) is 6.54 Å². The van der Waals surface area contributed by atoms with Gasteiger partial charge in [0, 0.05) is 20.1 Å². The second-order valence-electron chi connectivity index (χ2n) is 2.52. The molecule has 3 N–H and O–H groups in total. The quantitative estimate of drug-likeness (QED) is 0.436. The SMILES string of the molecule is CNC(=O)CNCCNS(C)(=O)=O. The van der Waals surface area contributed by atoms with Crippen LogP contribution in [0.5, 0.6) is 0 Å². The lowest BCUT2D eigenvalue weighted by Crippen LogP contribution is -2.36. The van der Waals surface area contributed by atoms with Gasteiger partial charge >= 0.3 is 0 Å². The van der Waals surface area contributed by atoms with E-state index in [-0.39, 0.29) is 19.0 Å². The van der Waals surface area contributed by atoms with Crippen LogP contribution in [0.1, 0.15) is 0 Å². The van der Waals surface area contributed by atoms with Crippen LogP contribution < -0.4 is 15.4 Å². The molecule has 0 aliphatic carbocycles. The summed E-state index contributed by atoms with van der Waals surface area (Å²) in [5.74, 6) is -0.126. The predicted molar refractivity (Wildman–Crippen MR) is 49.8 cm³/mol. The van der Waals surface area contributed by atoms with Gasteiger partial charge in [0.1, 0.15) is 0 Å². The van der Waals surface area contributed by atoms with Crippen LogP contribution in [0.25, 0.3) is 0 Å². The van der Waals surface area contributed by atoms with E-state index in [1.807, 2.05) is 0 Å². The minimum absolute atomic E-state index is 0.126. The van der Waals surface area contributed by atoms with E-state index in [1.165, 1.54) is 0 Å². The van der Waals surface area contributed by atoms with Crippen molar-refractivity contribution in [2.45, 2.75) is 0 Å². The Labute approximate surface area is 78.1 Å². The van der Waals surface area contributed by atoms with Crippen molar-refractivity contribution in [1.82, 2.24) is 15.4 Å². The summed E-state index contributed by atoms with van der Waals surface area (Å²) in [5.41, 5.74) is 0. The van der Waals surface area contributed by atoms with E-state index in [9.17, 15) is 13.2 Å². The third kappa shape index (κ3) is 9.25. The summed E-state index contributed by atoms with van der Waals surface area (Å²) >= 11 is 0. The van der Waals surface area contributed by atoms with E-state index in [4.69, 9.17) is 0 Å². The van der Waals surface area contributed by atoms with Crippen LogP contribution >= 0.6 is 0 Å². The maximum absolute atomic E-state index is 10.7. The highest BCUT2D eigenvalue weighted by Crippen LogP contribution is 1.70. The average Bonchev–Trinajstić information content (AvgIpc) is 2.01. The van der Waals surface area contributed by atoms with Gasteiger partial charge in [-0.1, -0.05) is 0 Å². The average molecular weight is 209 g/mol. The zero-order valence-corrected chi connectivity index (χ0v) is 8.57. The highest BCUT2D eigenvalue weighted by Gasteiger charge is 1.99. The zero-order chi connectivity index (χ0) is 10.3. The van der Waals surface area contributed by atoms with Crippen LogP contribution in [0.2, 0.25) is 0 Å². The number of carbonyl (C=O) groups is 1. The van der Waals surface area contributed by atoms with Gasteiger partial charge in [-0.15, -0.1) is 0 Å². The van der Waals surface area contributed by atoms with Crippen LogP contribution in [-0.2, 0) is 14.8 Å². The molecular formula is C6H15N3O3S. The third-order valence-corrected chi connectivity index (χ3v) is 1.96. The standard InChI is InChI=1S/C6H15N3O3S/c1-7-6(10)5-8-3-4-9-13(2,11)12/h8-9H,3-5H2,1-2H3,(H,7,10). The molecule has 0 heterocycles. The van der Waals surface area contributed by atoms with Crippen LogP contribution in [0, 0.1) is 0 Å². The van der Waals surface area contributed by atoms with Crippen molar-refractivity contribution < 1.29 is 13.2 Å². The molecule has 0 radical (unpaired) electrons. The van der Waals surface area contributed by atoms with E-state index < -0.39 is 10.0 Å². The topological polar surface area (TPSA) is 87.3 Å². The van der Waals surface area contributed by atoms with Gasteiger partial charge in [-0.3, -0.25) is 4.79 Å². The van der Waals surface area contributed by atoms with Gasteiger partial charge in [0.2, 0.25) is 15.9 Å². The van der Waals surface area contributed by atoms with Gasteiger partial charge < -0.3 is 10.6 Å². The minimum Gasteiger partial charge on any atom is -0.358 e. The summed E-state index contributed by atoms with van der Waals surface area (Å²) < 4.78 is 23.4. The maximum Gasteiger partial charge on any atom is 0.233 e. The number of hydrogen-bond acceptors (Lipinski definition) is 4. The van der Waals surface area contributed by atoms with Crippen molar-refractivity contribution in [3.05, 3.63) is 0 Å². The molecular weight excluding hydrogens is 194 g/mol. The summed E-state index contributed by atoms with van der Waals surface area (Å²) in [4.78, 5) is 10.7. The summed E-state index contributed by atoms with van der Waals surface area (Å²) in [6.45, 7) is 0.915. The van der Waals surface area contributed by atoms with Gasteiger partial charge in [-0.05, 0) is 0 Å². The van der Waals surface area contributed by atoms with Gasteiger partial charge in [0.05, 0.1) is 12.8 Å². The van der Waals surface area contributed by atoms with Crippen LogP contribution in [0.15, 0.2) is 0 Å². The number of sulfonamides is 1. The van der Waals surface area contributed by atoms with E-state index in [0.717, 1.165) is 6.26 Å². The van der Waals surface area contributed by atoms with Crippen molar-refractivity contribution in [1.29, 1.82) is 0 Å². The van der Waals surface area contributed by atoms with E-state index in [1.54, 1.807) is 7.05 Å². The second-order valence-corrected chi connectivity index (χ2v) is 4.35. The van der Waals surface area contributed by atoms with Crippen molar-refractivity contribution in [2.24, 2.45) is 0 Å². The Bertz CT molecular complexity index is 250. The molecule has 0 saturated heterocycles. The molecule has 0 fully saturated rings. The predicted octanol–water partition coefficient (Wildman–Crippen LogP) is -2.13. The number of rotatable bonds is 6. The summed E-state index contributed by atoms with van der Waals surface area (Å²) in [6.07, 6.45) is 1.09. The minimum atomic E-state index is -3.12. The molecule has 1 amide bonds. The molecule has 6 nitrogen and oxygen atoms in total. The molecule has 0 aromatic heterocycles. The molecule has 0 aromatic carbocycles. The Balaban J connectivity index is 3.33. The van der Waals surface area contributed by atoms with Crippen LogP contribution in [0.4, 0.5) is 0 Å². The van der Waals surface area contributed by atoms with E-state index in [2.05, 4.69) is 15.4 Å². The molecule has 0 aliphatic rings. The first-order valence-electron chi connectivity index (χ1n) is 3.81. The molecule has 7 heteroatoms. The molecule has 0 saturated carbocycles. The smallest absolute Gasteiger partial charge is 0.233 e. The molecule has 13 heavy (non-hydrogen) atoms. The van der Waals surface area contributed by atoms with Crippen molar-refractivity contribution >= 4 is 15.9 Å². The van der Waals surface area contributed by atoms with Crippen molar-refractivity contribution in [2.75, 3.05) is 32.9 Å². The highest BCUT2D eigenvalue weighted by molar-refractivity contribution is 7.88. The number of nitrogens with one attached hydrogen (secondary N) is 3. The van der Waals surface area contributed by atoms with Crippen molar-refractivity contribution in [3.8, 4) is 0 Å². The summed E-state index contributed by atoms with van der Waals surface area (Å²) in [5, 5.41) is 5.20. The first kappa shape index (κ1) is 12.3. The fraction of sp³-hybridized carbons (Fsp3) is 0.833.